The number of H-pyrrole nitrogens is 1. The lowest BCUT2D eigenvalue weighted by Gasteiger charge is -2.09. The molecule has 0 amide bonds. The molecule has 0 saturated carbocycles. The second-order valence-electron chi connectivity index (χ2n) is 4.06. The number of hydrogen-bond acceptors (Lipinski definition) is 4. The van der Waals surface area contributed by atoms with Crippen molar-refractivity contribution in [1.29, 1.82) is 0 Å². The quantitative estimate of drug-likeness (QED) is 0.781. The Morgan fingerprint density at radius 1 is 1.00 bits per heavy atom. The van der Waals surface area contributed by atoms with Gasteiger partial charge in [0, 0.05) is 5.56 Å². The summed E-state index contributed by atoms with van der Waals surface area (Å²) in [5.41, 5.74) is 3.62. The first kappa shape index (κ1) is 11.5. The minimum absolute atomic E-state index is 0.684. The normalized spacial score (nSPS) is 10.6. The van der Waals surface area contributed by atoms with Gasteiger partial charge < -0.3 is 14.5 Å². The third-order valence-corrected chi connectivity index (χ3v) is 2.99. The van der Waals surface area contributed by atoms with Crippen LogP contribution in [0.2, 0.25) is 0 Å². The maximum atomic E-state index is 5.30. The summed E-state index contributed by atoms with van der Waals surface area (Å²) in [7, 11) is 3.23. The first-order valence-corrected chi connectivity index (χ1v) is 5.83. The molecule has 0 spiro atoms. The molecule has 0 saturated heterocycles. The predicted molar refractivity (Wildman–Crippen MR) is 72.4 cm³/mol. The summed E-state index contributed by atoms with van der Waals surface area (Å²) in [6.07, 6.45) is 3.43. The van der Waals surface area contributed by atoms with Gasteiger partial charge in [-0.2, -0.15) is 0 Å². The Labute approximate surface area is 110 Å². The molecule has 3 aromatic rings. The van der Waals surface area contributed by atoms with Crippen LogP contribution in [0.15, 0.2) is 36.8 Å². The average Bonchev–Trinajstić information content (AvgIpc) is 2.93. The topological polar surface area (TPSA) is 60.0 Å². The molecule has 0 aliphatic heterocycles. The van der Waals surface area contributed by atoms with Crippen molar-refractivity contribution in [2.75, 3.05) is 14.2 Å². The molecule has 19 heavy (non-hydrogen) atoms. The van der Waals surface area contributed by atoms with Crippen LogP contribution in [0.3, 0.4) is 0 Å². The van der Waals surface area contributed by atoms with Crippen LogP contribution in [0.4, 0.5) is 0 Å². The molecule has 1 N–H and O–H groups in total. The van der Waals surface area contributed by atoms with Crippen LogP contribution in [-0.2, 0) is 0 Å². The number of aromatic amines is 1. The van der Waals surface area contributed by atoms with Crippen molar-refractivity contribution in [3.63, 3.8) is 0 Å². The summed E-state index contributed by atoms with van der Waals surface area (Å²) >= 11 is 0. The molecule has 0 aliphatic rings. The van der Waals surface area contributed by atoms with Gasteiger partial charge in [0.15, 0.2) is 11.5 Å². The first-order valence-electron chi connectivity index (χ1n) is 5.83. The number of fused-ring (bicyclic) bond motifs is 1. The summed E-state index contributed by atoms with van der Waals surface area (Å²) in [5.74, 6) is 1.39. The molecular formula is C14H13N3O2. The minimum atomic E-state index is 0.684. The fourth-order valence-corrected chi connectivity index (χ4v) is 1.99. The molecule has 5 heteroatoms. The lowest BCUT2D eigenvalue weighted by molar-refractivity contribution is 0.355. The molecule has 5 nitrogen and oxygen atoms in total. The highest BCUT2D eigenvalue weighted by Crippen LogP contribution is 2.31. The van der Waals surface area contributed by atoms with Crippen LogP contribution in [0.25, 0.3) is 22.3 Å². The maximum absolute atomic E-state index is 5.30. The van der Waals surface area contributed by atoms with Crippen molar-refractivity contribution in [3.8, 4) is 22.8 Å². The average molecular weight is 255 g/mol. The number of rotatable bonds is 3. The zero-order valence-corrected chi connectivity index (χ0v) is 10.7. The molecule has 0 fully saturated rings. The summed E-state index contributed by atoms with van der Waals surface area (Å²) < 4.78 is 10.5. The van der Waals surface area contributed by atoms with Crippen molar-refractivity contribution >= 4 is 11.0 Å². The molecule has 1 aromatic carbocycles. The van der Waals surface area contributed by atoms with E-state index in [1.165, 1.54) is 0 Å². The predicted octanol–water partition coefficient (Wildman–Crippen LogP) is 2.64. The van der Waals surface area contributed by atoms with Gasteiger partial charge in [-0.3, -0.25) is 4.98 Å². The molecule has 2 aromatic heterocycles. The molecule has 2 heterocycles. The van der Waals surface area contributed by atoms with Gasteiger partial charge in [-0.05, 0) is 24.3 Å². The first-order chi connectivity index (χ1) is 9.31. The van der Waals surface area contributed by atoms with Crippen molar-refractivity contribution < 1.29 is 9.47 Å². The van der Waals surface area contributed by atoms with Gasteiger partial charge in [-0.1, -0.05) is 0 Å². The third-order valence-electron chi connectivity index (χ3n) is 2.99. The number of nitrogens with zero attached hydrogens (tertiary/aromatic N) is 2. The van der Waals surface area contributed by atoms with Crippen LogP contribution in [0, 0.1) is 0 Å². The zero-order chi connectivity index (χ0) is 13.2. The number of nitrogens with one attached hydrogen (secondary N) is 1. The van der Waals surface area contributed by atoms with Crippen LogP contribution >= 0.6 is 0 Å². The van der Waals surface area contributed by atoms with Gasteiger partial charge in [-0.15, -0.1) is 0 Å². The molecule has 0 aliphatic carbocycles. The lowest BCUT2D eigenvalue weighted by atomic mass is 10.1. The van der Waals surface area contributed by atoms with Gasteiger partial charge in [0.05, 0.1) is 43.5 Å². The molecule has 0 atom stereocenters. The number of benzene rings is 1. The summed E-state index contributed by atoms with van der Waals surface area (Å²) in [6.45, 7) is 0. The van der Waals surface area contributed by atoms with Gasteiger partial charge >= 0.3 is 0 Å². The van der Waals surface area contributed by atoms with Crippen LogP contribution in [0.1, 0.15) is 0 Å². The van der Waals surface area contributed by atoms with E-state index in [0.29, 0.717) is 11.5 Å². The van der Waals surface area contributed by atoms with E-state index in [2.05, 4.69) is 15.0 Å². The van der Waals surface area contributed by atoms with E-state index in [1.807, 2.05) is 24.3 Å². The molecule has 0 unspecified atom stereocenters. The van der Waals surface area contributed by atoms with Gasteiger partial charge in [-0.25, -0.2) is 4.98 Å². The van der Waals surface area contributed by atoms with Crippen molar-refractivity contribution in [3.05, 3.63) is 36.8 Å². The highest BCUT2D eigenvalue weighted by Gasteiger charge is 2.08. The largest absolute Gasteiger partial charge is 0.493 e. The van der Waals surface area contributed by atoms with E-state index >= 15 is 0 Å². The number of imidazole rings is 1. The minimum Gasteiger partial charge on any atom is -0.493 e. The fraction of sp³-hybridized carbons (Fsp3) is 0.143. The van der Waals surface area contributed by atoms with Gasteiger partial charge in [0.2, 0.25) is 0 Å². The summed E-state index contributed by atoms with van der Waals surface area (Å²) in [6, 6.07) is 7.65. The standard InChI is InChI=1S/C14H13N3O2/c1-18-13-4-3-9(5-14(13)19-2)10-6-11-12(7-15-10)17-8-16-11/h3-8H,1-2H3,(H,16,17). The molecule has 0 radical (unpaired) electrons. The van der Waals surface area contributed by atoms with E-state index < -0.39 is 0 Å². The SMILES string of the molecule is COc1ccc(-c2cc3nc[nH]c3cn2)cc1OC. The lowest BCUT2D eigenvalue weighted by Crippen LogP contribution is -1.91. The highest BCUT2D eigenvalue weighted by molar-refractivity contribution is 5.79. The monoisotopic (exact) mass is 255 g/mol. The van der Waals surface area contributed by atoms with Crippen LogP contribution in [-0.4, -0.2) is 29.2 Å². The van der Waals surface area contributed by atoms with Crippen molar-refractivity contribution in [1.82, 2.24) is 15.0 Å². The smallest absolute Gasteiger partial charge is 0.161 e. The van der Waals surface area contributed by atoms with Crippen molar-refractivity contribution in [2.45, 2.75) is 0 Å². The highest BCUT2D eigenvalue weighted by atomic mass is 16.5. The Bertz CT molecular complexity index is 722. The maximum Gasteiger partial charge on any atom is 0.161 e. The zero-order valence-electron chi connectivity index (χ0n) is 10.7. The number of hydrogen-bond donors (Lipinski definition) is 1. The second kappa shape index (κ2) is 4.61. The molecular weight excluding hydrogens is 242 g/mol. The molecule has 96 valence electrons. The van der Waals surface area contributed by atoms with Gasteiger partial charge in [0.25, 0.3) is 0 Å². The summed E-state index contributed by atoms with van der Waals surface area (Å²) in [5, 5.41) is 0. The summed E-state index contributed by atoms with van der Waals surface area (Å²) in [4.78, 5) is 11.7. The number of aromatic nitrogens is 3. The Morgan fingerprint density at radius 3 is 2.63 bits per heavy atom. The fourth-order valence-electron chi connectivity index (χ4n) is 1.99. The van der Waals surface area contributed by atoms with Crippen LogP contribution in [0.5, 0.6) is 11.5 Å². The Kier molecular flexibility index (Phi) is 2.79. The van der Waals surface area contributed by atoms with E-state index in [9.17, 15) is 0 Å². The Hall–Kier alpha value is -2.56. The van der Waals surface area contributed by atoms with E-state index in [4.69, 9.17) is 9.47 Å². The van der Waals surface area contributed by atoms with E-state index in [-0.39, 0.29) is 0 Å². The Balaban J connectivity index is 2.09. The van der Waals surface area contributed by atoms with Crippen LogP contribution < -0.4 is 9.47 Å². The number of methoxy groups -OCH3 is 2. The van der Waals surface area contributed by atoms with E-state index in [1.54, 1.807) is 26.7 Å². The molecule has 0 bridgehead atoms. The van der Waals surface area contributed by atoms with Gasteiger partial charge in [0.1, 0.15) is 0 Å². The molecule has 3 rings (SSSR count). The number of pyridine rings is 1. The second-order valence-corrected chi connectivity index (χ2v) is 4.06. The third kappa shape index (κ3) is 1.99. The van der Waals surface area contributed by atoms with E-state index in [0.717, 1.165) is 22.3 Å². The van der Waals surface area contributed by atoms with Crippen molar-refractivity contribution in [2.24, 2.45) is 0 Å². The Morgan fingerprint density at radius 2 is 1.84 bits per heavy atom. The number of ether oxygens (including phenoxy) is 2.